The number of hydrogen-bond donors (Lipinski definition) is 3. The van der Waals surface area contributed by atoms with Gasteiger partial charge in [-0.05, 0) is 37.3 Å². The third-order valence-electron chi connectivity index (χ3n) is 3.83. The first-order chi connectivity index (χ1) is 13.0. The van der Waals surface area contributed by atoms with E-state index in [2.05, 4.69) is 15.6 Å². The molecule has 3 N–H and O–H groups in total. The Hall–Kier alpha value is -3.19. The predicted octanol–water partition coefficient (Wildman–Crippen LogP) is 4.42. The Morgan fingerprint density at radius 1 is 1.11 bits per heavy atom. The van der Waals surface area contributed by atoms with Crippen molar-refractivity contribution in [2.24, 2.45) is 0 Å². The third kappa shape index (κ3) is 4.51. The van der Waals surface area contributed by atoms with E-state index in [1.807, 2.05) is 30.5 Å². The van der Waals surface area contributed by atoms with E-state index >= 15 is 0 Å². The van der Waals surface area contributed by atoms with Crippen molar-refractivity contribution in [3.8, 4) is 16.3 Å². The van der Waals surface area contributed by atoms with Crippen molar-refractivity contribution in [1.29, 1.82) is 0 Å². The van der Waals surface area contributed by atoms with E-state index in [0.717, 1.165) is 16.3 Å². The van der Waals surface area contributed by atoms with Gasteiger partial charge in [-0.25, -0.2) is 4.98 Å². The summed E-state index contributed by atoms with van der Waals surface area (Å²) in [6.45, 7) is 3.67. The third-order valence-corrected chi connectivity index (χ3v) is 4.84. The van der Waals surface area contributed by atoms with Crippen LogP contribution in [0.25, 0.3) is 10.6 Å². The van der Waals surface area contributed by atoms with Gasteiger partial charge in [0.15, 0.2) is 0 Å². The molecule has 2 amide bonds. The van der Waals surface area contributed by atoms with Gasteiger partial charge in [0.1, 0.15) is 10.8 Å². The van der Waals surface area contributed by atoms with Gasteiger partial charge in [-0.3, -0.25) is 9.59 Å². The molecule has 27 heavy (non-hydrogen) atoms. The molecule has 0 fully saturated rings. The Morgan fingerprint density at radius 2 is 1.89 bits per heavy atom. The highest BCUT2D eigenvalue weighted by Crippen LogP contribution is 2.27. The van der Waals surface area contributed by atoms with E-state index < -0.39 is 5.91 Å². The van der Waals surface area contributed by atoms with Gasteiger partial charge >= 0.3 is 0 Å². The number of rotatable bonds is 5. The zero-order valence-corrected chi connectivity index (χ0v) is 15.8. The molecule has 0 aliphatic heterocycles. The fourth-order valence-electron chi connectivity index (χ4n) is 2.46. The minimum atomic E-state index is -0.465. The van der Waals surface area contributed by atoms with Gasteiger partial charge in [0.25, 0.3) is 5.91 Å². The van der Waals surface area contributed by atoms with E-state index in [1.165, 1.54) is 23.5 Å². The molecule has 138 valence electrons. The lowest BCUT2D eigenvalue weighted by atomic mass is 10.1. The molecule has 0 spiro atoms. The van der Waals surface area contributed by atoms with Crippen molar-refractivity contribution in [3.63, 3.8) is 0 Å². The first-order valence-corrected chi connectivity index (χ1v) is 9.31. The van der Waals surface area contributed by atoms with Crippen molar-refractivity contribution in [2.75, 3.05) is 10.6 Å². The predicted molar refractivity (Wildman–Crippen MR) is 107 cm³/mol. The minimum Gasteiger partial charge on any atom is -0.507 e. The highest BCUT2D eigenvalue weighted by Gasteiger charge is 2.14. The summed E-state index contributed by atoms with van der Waals surface area (Å²) < 4.78 is 0. The maximum absolute atomic E-state index is 12.6. The van der Waals surface area contributed by atoms with Crippen LogP contribution in [0.5, 0.6) is 5.75 Å². The van der Waals surface area contributed by atoms with Crippen LogP contribution in [0, 0.1) is 6.92 Å². The van der Waals surface area contributed by atoms with Gasteiger partial charge in [-0.2, -0.15) is 0 Å². The molecule has 1 heterocycles. The second-order valence-corrected chi connectivity index (χ2v) is 6.82. The number of phenols is 1. The van der Waals surface area contributed by atoms with Gasteiger partial charge in [0.05, 0.1) is 5.56 Å². The number of thiazole rings is 1. The van der Waals surface area contributed by atoms with Crippen LogP contribution in [0.3, 0.4) is 0 Å². The fourth-order valence-corrected chi connectivity index (χ4v) is 3.25. The summed E-state index contributed by atoms with van der Waals surface area (Å²) >= 11 is 1.53. The number of nitrogens with one attached hydrogen (secondary N) is 2. The van der Waals surface area contributed by atoms with Crippen LogP contribution >= 0.6 is 11.3 Å². The second kappa shape index (κ2) is 8.01. The lowest BCUT2D eigenvalue weighted by molar-refractivity contribution is -0.115. The van der Waals surface area contributed by atoms with Crippen LogP contribution < -0.4 is 10.6 Å². The molecular weight excluding hydrogens is 362 g/mol. The van der Waals surface area contributed by atoms with Gasteiger partial charge in [-0.15, -0.1) is 11.3 Å². The molecule has 1 aromatic heterocycles. The van der Waals surface area contributed by atoms with Crippen LogP contribution in [0.4, 0.5) is 11.4 Å². The average Bonchev–Trinajstić information content (AvgIpc) is 3.09. The number of aromatic nitrogens is 1. The van der Waals surface area contributed by atoms with Crippen LogP contribution in [0.2, 0.25) is 0 Å². The van der Waals surface area contributed by atoms with Gasteiger partial charge in [0, 0.05) is 34.4 Å². The standard InChI is InChI=1S/C20H19N3O3S/c1-3-18(25)22-15-7-8-17(24)16(10-15)19(26)23-14-6-4-5-13(9-14)20-21-12(2)11-27-20/h4-11,24H,3H2,1-2H3,(H,22,25)(H,23,26). The van der Waals surface area contributed by atoms with Crippen LogP contribution in [-0.4, -0.2) is 21.9 Å². The normalized spacial score (nSPS) is 10.4. The van der Waals surface area contributed by atoms with E-state index in [9.17, 15) is 14.7 Å². The first-order valence-electron chi connectivity index (χ1n) is 8.43. The highest BCUT2D eigenvalue weighted by molar-refractivity contribution is 7.13. The molecule has 0 atom stereocenters. The maximum atomic E-state index is 12.6. The molecule has 0 bridgehead atoms. The average molecular weight is 381 g/mol. The number of carbonyl (C=O) groups is 2. The number of aromatic hydroxyl groups is 1. The number of aryl methyl sites for hydroxylation is 1. The summed E-state index contributed by atoms with van der Waals surface area (Å²) in [6, 6.07) is 11.7. The highest BCUT2D eigenvalue weighted by atomic mass is 32.1. The SMILES string of the molecule is CCC(=O)Nc1ccc(O)c(C(=O)Nc2cccc(-c3nc(C)cs3)c2)c1. The van der Waals surface area contributed by atoms with Gasteiger partial charge in [0.2, 0.25) is 5.91 Å². The van der Waals surface area contributed by atoms with E-state index in [4.69, 9.17) is 0 Å². The summed E-state index contributed by atoms with van der Waals surface area (Å²) in [6.07, 6.45) is 0.325. The van der Waals surface area contributed by atoms with Crippen molar-refractivity contribution in [1.82, 2.24) is 4.98 Å². The fraction of sp³-hybridized carbons (Fsp3) is 0.150. The van der Waals surface area contributed by atoms with Gasteiger partial charge in [-0.1, -0.05) is 19.1 Å². The number of hydrogen-bond acceptors (Lipinski definition) is 5. The number of anilines is 2. The quantitative estimate of drug-likeness (QED) is 0.570. The largest absolute Gasteiger partial charge is 0.507 e. The lowest BCUT2D eigenvalue weighted by Crippen LogP contribution is -2.14. The summed E-state index contributed by atoms with van der Waals surface area (Å²) in [5, 5.41) is 18.3. The Morgan fingerprint density at radius 3 is 2.59 bits per heavy atom. The topological polar surface area (TPSA) is 91.3 Å². The molecule has 0 unspecified atom stereocenters. The number of nitrogens with zero attached hydrogens (tertiary/aromatic N) is 1. The Labute approximate surface area is 160 Å². The summed E-state index contributed by atoms with van der Waals surface area (Å²) in [7, 11) is 0. The summed E-state index contributed by atoms with van der Waals surface area (Å²) in [5.41, 5.74) is 2.98. The van der Waals surface area contributed by atoms with E-state index in [-0.39, 0.29) is 17.2 Å². The summed E-state index contributed by atoms with van der Waals surface area (Å²) in [4.78, 5) is 28.6. The number of benzene rings is 2. The molecule has 2 aromatic carbocycles. The molecule has 0 radical (unpaired) electrons. The van der Waals surface area contributed by atoms with Crippen LogP contribution in [0.15, 0.2) is 47.8 Å². The molecule has 0 aliphatic rings. The molecular formula is C20H19N3O3S. The first kappa shape index (κ1) is 18.6. The molecule has 3 rings (SSSR count). The van der Waals surface area contributed by atoms with Crippen molar-refractivity contribution in [2.45, 2.75) is 20.3 Å². The number of phenolic OH excluding ortho intramolecular Hbond substituents is 1. The van der Waals surface area contributed by atoms with Crippen molar-refractivity contribution in [3.05, 3.63) is 59.1 Å². The maximum Gasteiger partial charge on any atom is 0.259 e. The lowest BCUT2D eigenvalue weighted by Gasteiger charge is -2.10. The van der Waals surface area contributed by atoms with Gasteiger partial charge < -0.3 is 15.7 Å². The van der Waals surface area contributed by atoms with E-state index in [1.54, 1.807) is 19.1 Å². The van der Waals surface area contributed by atoms with E-state index in [0.29, 0.717) is 17.8 Å². The second-order valence-electron chi connectivity index (χ2n) is 5.96. The monoisotopic (exact) mass is 381 g/mol. The molecule has 0 saturated heterocycles. The molecule has 7 heteroatoms. The van der Waals surface area contributed by atoms with Crippen LogP contribution in [0.1, 0.15) is 29.4 Å². The van der Waals surface area contributed by atoms with Crippen molar-refractivity contribution >= 4 is 34.5 Å². The molecule has 0 saturated carbocycles. The number of amides is 2. The summed E-state index contributed by atoms with van der Waals surface area (Å²) in [5.74, 6) is -0.792. The Bertz CT molecular complexity index is 998. The Kier molecular flexibility index (Phi) is 5.52. The molecule has 0 aliphatic carbocycles. The minimum absolute atomic E-state index is 0.0828. The zero-order chi connectivity index (χ0) is 19.4. The Balaban J connectivity index is 1.81. The molecule has 6 nitrogen and oxygen atoms in total. The smallest absolute Gasteiger partial charge is 0.259 e. The zero-order valence-electron chi connectivity index (χ0n) is 14.9. The number of carbonyl (C=O) groups excluding carboxylic acids is 2. The molecule has 3 aromatic rings. The van der Waals surface area contributed by atoms with Crippen molar-refractivity contribution < 1.29 is 14.7 Å². The van der Waals surface area contributed by atoms with Crippen LogP contribution in [-0.2, 0) is 4.79 Å².